The molecule has 0 spiro atoms. The van der Waals surface area contributed by atoms with Gasteiger partial charge in [-0.15, -0.1) is 24.0 Å². The normalized spacial score (nSPS) is 19.3. The number of hydrogen-bond acceptors (Lipinski definition) is 5. The van der Waals surface area contributed by atoms with E-state index in [-0.39, 0.29) is 63.2 Å². The van der Waals surface area contributed by atoms with Crippen LogP contribution < -0.4 is 0 Å². The van der Waals surface area contributed by atoms with Crippen molar-refractivity contribution in [2.24, 2.45) is 0 Å². The molecule has 2 saturated heterocycles. The van der Waals surface area contributed by atoms with Crippen LogP contribution in [0.4, 0.5) is 79.0 Å². The molecule has 0 unspecified atom stereocenters. The molecular formula is C26H41F18I2N4O4S2+. The van der Waals surface area contributed by atoms with Crippen LogP contribution in [0.1, 0.15) is 39.5 Å². The Morgan fingerprint density at radius 3 is 1.09 bits per heavy atom. The van der Waals surface area contributed by atoms with E-state index in [4.69, 9.17) is 0 Å². The number of piperazine rings is 2. The Morgan fingerprint density at radius 2 is 0.839 bits per heavy atom. The molecule has 0 radical (unpaired) electrons. The lowest BCUT2D eigenvalue weighted by Crippen LogP contribution is -2.67. The van der Waals surface area contributed by atoms with Gasteiger partial charge in [0.2, 0.25) is 0 Å². The SMILES string of the molecule is CCCCI.CCCC[N+]1(C)CCN(S(=O)(=O)C(F)(F)C(F)(F)C(F)(F)C(F)(F)F)CC1.CN1CCN(S(=O)(=O)C(F)(F)C(F)(F)C(F)(F)C(F)(F)F)CC1.I. The first-order valence-electron chi connectivity index (χ1n) is 15.8. The summed E-state index contributed by atoms with van der Waals surface area (Å²) in [5.41, 5.74) is 0. The summed E-state index contributed by atoms with van der Waals surface area (Å²) in [5, 5.41) is -13.3. The van der Waals surface area contributed by atoms with Crippen molar-refractivity contribution in [3.05, 3.63) is 0 Å². The van der Waals surface area contributed by atoms with Gasteiger partial charge in [0.1, 0.15) is 0 Å². The van der Waals surface area contributed by atoms with E-state index in [0.717, 1.165) is 12.8 Å². The molecule has 0 aliphatic carbocycles. The average molecular weight is 1130 g/mol. The molecule has 2 aliphatic rings. The van der Waals surface area contributed by atoms with Crippen LogP contribution in [0.15, 0.2) is 0 Å². The fraction of sp³-hybridized carbons (Fsp3) is 1.00. The number of quaternary nitrogens is 1. The zero-order valence-electron chi connectivity index (χ0n) is 29.7. The van der Waals surface area contributed by atoms with Crippen LogP contribution in [-0.4, -0.2) is 159 Å². The standard InChI is InChI=1S/C13H20F9N2O2S.C9H11F9N2O2S.C4H9I.HI/c1-3-4-7-24(2)8-5-23(6-9-24)27(25,26)13(21,22)11(16,17)10(14,15)12(18,19)20;1-19-2-4-20(5-3-19)23(21,22)9(17,18)7(12,13)6(10,11)8(14,15)16;1-2-3-4-5;/h3-9H2,1-2H3;2-5H2,1H3;2-4H2,1H3;1H/q+1;;;. The summed E-state index contributed by atoms with van der Waals surface area (Å²) in [6.07, 6.45) is -9.91. The Balaban J connectivity index is 0. The maximum absolute atomic E-state index is 13.8. The van der Waals surface area contributed by atoms with Crippen LogP contribution >= 0.6 is 46.6 Å². The molecule has 0 aromatic carbocycles. The van der Waals surface area contributed by atoms with Gasteiger partial charge < -0.3 is 9.38 Å². The minimum absolute atomic E-state index is 0. The molecule has 2 fully saturated rings. The van der Waals surface area contributed by atoms with E-state index < -0.39 is 92.8 Å². The molecule has 56 heavy (non-hydrogen) atoms. The molecule has 0 aromatic heterocycles. The number of rotatable bonds is 13. The molecule has 0 aromatic rings. The lowest BCUT2D eigenvalue weighted by atomic mass is 10.1. The Morgan fingerprint density at radius 1 is 0.536 bits per heavy atom. The third-order valence-electron chi connectivity index (χ3n) is 8.34. The summed E-state index contributed by atoms with van der Waals surface area (Å²) in [6, 6.07) is 0. The molecule has 0 saturated carbocycles. The number of sulfonamides is 2. The maximum atomic E-state index is 13.8. The van der Waals surface area contributed by atoms with E-state index in [1.54, 1.807) is 7.05 Å². The molecular weight excluding hydrogens is 1090 g/mol. The van der Waals surface area contributed by atoms with Crippen molar-refractivity contribution in [3.63, 3.8) is 0 Å². The minimum Gasteiger partial charge on any atom is -0.324 e. The highest BCUT2D eigenvalue weighted by molar-refractivity contribution is 14.1. The zero-order valence-corrected chi connectivity index (χ0v) is 35.8. The van der Waals surface area contributed by atoms with E-state index in [1.807, 2.05) is 6.92 Å². The second-order valence-electron chi connectivity index (χ2n) is 12.6. The number of nitrogens with zero attached hydrogens (tertiary/aromatic N) is 4. The predicted molar refractivity (Wildman–Crippen MR) is 185 cm³/mol. The van der Waals surface area contributed by atoms with Gasteiger partial charge >= 0.3 is 46.6 Å². The highest BCUT2D eigenvalue weighted by Crippen LogP contribution is 2.56. The van der Waals surface area contributed by atoms with Gasteiger partial charge in [0, 0.05) is 26.2 Å². The Kier molecular flexibility index (Phi) is 20.9. The first-order valence-corrected chi connectivity index (χ1v) is 20.2. The summed E-state index contributed by atoms with van der Waals surface area (Å²) in [7, 11) is -9.81. The third-order valence-corrected chi connectivity index (χ3v) is 13.0. The molecule has 0 amide bonds. The van der Waals surface area contributed by atoms with E-state index in [9.17, 15) is 95.9 Å². The monoisotopic (exact) mass is 1130 g/mol. The van der Waals surface area contributed by atoms with Crippen LogP contribution in [0.5, 0.6) is 0 Å². The molecule has 2 heterocycles. The molecule has 0 atom stereocenters. The van der Waals surface area contributed by atoms with Crippen LogP contribution in [0, 0.1) is 0 Å². The zero-order chi connectivity index (χ0) is 44.1. The van der Waals surface area contributed by atoms with Gasteiger partial charge in [-0.25, -0.2) is 16.8 Å². The van der Waals surface area contributed by atoms with Crippen LogP contribution in [0.25, 0.3) is 0 Å². The Labute approximate surface area is 342 Å². The Bertz CT molecular complexity index is 1440. The summed E-state index contributed by atoms with van der Waals surface area (Å²) in [6.45, 7) is 1.21. The summed E-state index contributed by atoms with van der Waals surface area (Å²) in [5.74, 6) is -28.8. The summed E-state index contributed by atoms with van der Waals surface area (Å²) in [4.78, 5) is 1.42. The van der Waals surface area contributed by atoms with Gasteiger partial charge in [-0.2, -0.15) is 87.6 Å². The van der Waals surface area contributed by atoms with Gasteiger partial charge in [0.25, 0.3) is 20.0 Å². The number of unbranched alkanes of at least 4 members (excludes halogenated alkanes) is 2. The van der Waals surface area contributed by atoms with E-state index in [2.05, 4.69) is 29.5 Å². The molecule has 0 N–H and O–H groups in total. The fourth-order valence-electron chi connectivity index (χ4n) is 4.47. The Hall–Kier alpha value is -0.0600. The summed E-state index contributed by atoms with van der Waals surface area (Å²) < 4.78 is 279. The predicted octanol–water partition coefficient (Wildman–Crippen LogP) is 8.13. The van der Waals surface area contributed by atoms with Gasteiger partial charge in [0.15, 0.2) is 0 Å². The van der Waals surface area contributed by atoms with Crippen molar-refractivity contribution >= 4 is 66.6 Å². The lowest BCUT2D eigenvalue weighted by molar-refractivity contribution is -0.913. The van der Waals surface area contributed by atoms with Crippen molar-refractivity contribution in [1.82, 2.24) is 13.5 Å². The highest BCUT2D eigenvalue weighted by Gasteiger charge is 2.87. The highest BCUT2D eigenvalue weighted by atomic mass is 127. The first-order chi connectivity index (χ1) is 24.3. The smallest absolute Gasteiger partial charge is 0.324 e. The van der Waals surface area contributed by atoms with Crippen molar-refractivity contribution in [1.29, 1.82) is 0 Å². The topological polar surface area (TPSA) is 78.0 Å². The van der Waals surface area contributed by atoms with Gasteiger partial charge in [0.05, 0.1) is 39.8 Å². The van der Waals surface area contributed by atoms with Crippen molar-refractivity contribution < 1.29 is 100 Å². The van der Waals surface area contributed by atoms with E-state index in [0.29, 0.717) is 6.54 Å². The van der Waals surface area contributed by atoms with Crippen LogP contribution in [-0.2, 0) is 20.0 Å². The second kappa shape index (κ2) is 20.2. The van der Waals surface area contributed by atoms with E-state index in [1.165, 1.54) is 29.2 Å². The van der Waals surface area contributed by atoms with Crippen molar-refractivity contribution in [3.8, 4) is 0 Å². The van der Waals surface area contributed by atoms with Crippen molar-refractivity contribution in [2.45, 2.75) is 86.1 Å². The molecule has 2 aliphatic heterocycles. The third kappa shape index (κ3) is 11.9. The fourth-order valence-corrected chi connectivity index (χ4v) is 8.07. The van der Waals surface area contributed by atoms with Crippen LogP contribution in [0.2, 0.25) is 0 Å². The van der Waals surface area contributed by atoms with Crippen molar-refractivity contribution in [2.75, 3.05) is 77.4 Å². The van der Waals surface area contributed by atoms with Crippen LogP contribution in [0.3, 0.4) is 0 Å². The molecule has 30 heteroatoms. The molecule has 340 valence electrons. The minimum atomic E-state index is -7.24. The molecule has 2 rings (SSSR count). The maximum Gasteiger partial charge on any atom is 0.460 e. The number of likely N-dealkylation sites (N-methyl/N-ethyl adjacent to an activating group) is 2. The molecule has 8 nitrogen and oxygen atoms in total. The summed E-state index contributed by atoms with van der Waals surface area (Å²) >= 11 is 2.39. The largest absolute Gasteiger partial charge is 0.460 e. The van der Waals surface area contributed by atoms with E-state index >= 15 is 0 Å². The van der Waals surface area contributed by atoms with Gasteiger partial charge in [-0.3, -0.25) is 0 Å². The van der Waals surface area contributed by atoms with Gasteiger partial charge in [-0.1, -0.05) is 49.3 Å². The number of alkyl halides is 19. The number of hydrogen-bond donors (Lipinski definition) is 0. The lowest BCUT2D eigenvalue weighted by Gasteiger charge is -2.43. The average Bonchev–Trinajstić information content (AvgIpc) is 3.03. The second-order valence-corrected chi connectivity index (χ2v) is 17.7. The molecule has 0 bridgehead atoms. The number of halogens is 20. The van der Waals surface area contributed by atoms with Gasteiger partial charge in [-0.05, 0) is 24.3 Å². The first kappa shape index (κ1) is 58.0. The quantitative estimate of drug-likeness (QED) is 0.0807.